The van der Waals surface area contributed by atoms with Crippen molar-refractivity contribution in [2.45, 2.75) is 40.9 Å². The van der Waals surface area contributed by atoms with E-state index < -0.39 is 31.9 Å². The van der Waals surface area contributed by atoms with Crippen LogP contribution >= 0.6 is 0 Å². The highest BCUT2D eigenvalue weighted by Gasteiger charge is 2.24. The maximum atomic E-state index is 14.4. The van der Waals surface area contributed by atoms with Crippen LogP contribution in [0.2, 0.25) is 0 Å². The molecule has 0 unspecified atom stereocenters. The van der Waals surface area contributed by atoms with Crippen molar-refractivity contribution in [2.24, 2.45) is 0 Å². The van der Waals surface area contributed by atoms with E-state index in [1.807, 2.05) is 76.2 Å². The first-order valence-corrected chi connectivity index (χ1v) is 22.7. The zero-order chi connectivity index (χ0) is 43.5. The highest BCUT2D eigenvalue weighted by atomic mass is 32.2. The molecule has 2 amide bonds. The van der Waals surface area contributed by atoms with Crippen LogP contribution in [-0.4, -0.2) is 55.3 Å². The number of ether oxygens (including phenoxy) is 2. The zero-order valence-corrected chi connectivity index (χ0v) is 36.4. The normalized spacial score (nSPS) is 11.5. The Kier molecular flexibility index (Phi) is 12.6. The Morgan fingerprint density at radius 1 is 0.567 bits per heavy atom. The molecule has 0 aliphatic heterocycles. The SMILES string of the molecule is Cc1ccc(C)c(COc2cc(NC(=O)c3ccc4ccccc4c3C(=O)Nc3ccc(N(C)S(C)(=O)=O)c(OCc4cc(C)ccc4C)c3)ccc2N(C)S(C)(=O)=O)c1. The van der Waals surface area contributed by atoms with Gasteiger partial charge in [0.1, 0.15) is 24.7 Å². The predicted molar refractivity (Wildman–Crippen MR) is 240 cm³/mol. The fourth-order valence-electron chi connectivity index (χ4n) is 6.61. The average Bonchev–Trinajstić information content (AvgIpc) is 3.19. The van der Waals surface area contributed by atoms with Crippen molar-refractivity contribution in [3.63, 3.8) is 0 Å². The number of rotatable bonds is 14. The van der Waals surface area contributed by atoms with Crippen LogP contribution in [0.3, 0.4) is 0 Å². The first kappa shape index (κ1) is 43.2. The quantitative estimate of drug-likeness (QED) is 0.111. The van der Waals surface area contributed by atoms with Crippen LogP contribution in [0.15, 0.2) is 109 Å². The lowest BCUT2D eigenvalue weighted by Crippen LogP contribution is -2.25. The van der Waals surface area contributed by atoms with E-state index in [1.54, 1.807) is 60.7 Å². The first-order valence-electron chi connectivity index (χ1n) is 19.0. The smallest absolute Gasteiger partial charge is 0.257 e. The summed E-state index contributed by atoms with van der Waals surface area (Å²) in [7, 11) is -4.49. The molecule has 12 nitrogen and oxygen atoms in total. The highest BCUT2D eigenvalue weighted by Crippen LogP contribution is 2.36. The summed E-state index contributed by atoms with van der Waals surface area (Å²) in [5.74, 6) is -0.751. The average molecular weight is 849 g/mol. The summed E-state index contributed by atoms with van der Waals surface area (Å²) in [5.41, 5.74) is 7.25. The minimum Gasteiger partial charge on any atom is -0.487 e. The largest absolute Gasteiger partial charge is 0.487 e. The van der Waals surface area contributed by atoms with Crippen LogP contribution in [0.4, 0.5) is 22.7 Å². The van der Waals surface area contributed by atoms with Crippen LogP contribution in [0.5, 0.6) is 11.5 Å². The van der Waals surface area contributed by atoms with E-state index in [0.29, 0.717) is 16.8 Å². The molecule has 2 N–H and O–H groups in total. The predicted octanol–water partition coefficient (Wildman–Crippen LogP) is 8.53. The standard InChI is InChI=1S/C46H48N4O8S2/c1-29-13-15-31(3)34(23-29)27-57-42-25-36(18-21-40(42)49(5)59(7,53)54)47-45(51)39-20-17-33-11-9-10-12-38(33)44(39)46(52)48-37-19-22-41(50(6)60(8,55)56)43(26-37)58-28-35-24-30(2)14-16-32(35)4/h9-26H,27-28H2,1-8H3,(H,47,51)(H,48,52). The van der Waals surface area contributed by atoms with E-state index in [9.17, 15) is 26.4 Å². The summed E-state index contributed by atoms with van der Waals surface area (Å²) in [6.45, 7) is 8.16. The Hall–Kier alpha value is -6.38. The van der Waals surface area contributed by atoms with Gasteiger partial charge in [-0.1, -0.05) is 77.9 Å². The molecule has 0 heterocycles. The number of benzene rings is 6. The number of carbonyl (C=O) groups is 2. The molecule has 6 aromatic rings. The number of anilines is 4. The lowest BCUT2D eigenvalue weighted by molar-refractivity contribution is 0.0991. The number of sulfonamides is 2. The number of nitrogens with one attached hydrogen (secondary N) is 2. The van der Waals surface area contributed by atoms with Crippen molar-refractivity contribution in [1.82, 2.24) is 0 Å². The second-order valence-electron chi connectivity index (χ2n) is 14.9. The van der Waals surface area contributed by atoms with E-state index in [0.717, 1.165) is 59.9 Å². The number of nitrogens with zero attached hydrogens (tertiary/aromatic N) is 2. The number of aryl methyl sites for hydroxylation is 4. The molecule has 0 saturated heterocycles. The van der Waals surface area contributed by atoms with Gasteiger partial charge < -0.3 is 20.1 Å². The van der Waals surface area contributed by atoms with Crippen molar-refractivity contribution in [1.29, 1.82) is 0 Å². The van der Waals surface area contributed by atoms with Crippen LogP contribution in [0.1, 0.15) is 54.1 Å². The van der Waals surface area contributed by atoms with E-state index >= 15 is 0 Å². The fourth-order valence-corrected chi connectivity index (χ4v) is 7.63. The van der Waals surface area contributed by atoms with Gasteiger partial charge in [0.05, 0.1) is 35.0 Å². The Morgan fingerprint density at radius 2 is 1.03 bits per heavy atom. The van der Waals surface area contributed by atoms with Gasteiger partial charge in [-0.3, -0.25) is 18.2 Å². The number of hydrogen-bond acceptors (Lipinski definition) is 8. The van der Waals surface area contributed by atoms with Crippen molar-refractivity contribution >= 4 is 65.4 Å². The maximum Gasteiger partial charge on any atom is 0.257 e. The Bertz CT molecular complexity index is 2860. The topological polar surface area (TPSA) is 151 Å². The molecule has 0 aromatic heterocycles. The second kappa shape index (κ2) is 17.5. The van der Waals surface area contributed by atoms with Crippen LogP contribution in [0.25, 0.3) is 10.8 Å². The summed E-state index contributed by atoms with van der Waals surface area (Å²) in [4.78, 5) is 28.6. The summed E-state index contributed by atoms with van der Waals surface area (Å²) in [5, 5.41) is 7.03. The highest BCUT2D eigenvalue weighted by molar-refractivity contribution is 7.92. The van der Waals surface area contributed by atoms with Gasteiger partial charge in [-0.2, -0.15) is 0 Å². The molecule has 0 aliphatic rings. The van der Waals surface area contributed by atoms with Crippen LogP contribution < -0.4 is 28.7 Å². The summed E-state index contributed by atoms with van der Waals surface area (Å²) >= 11 is 0. The van der Waals surface area contributed by atoms with Gasteiger partial charge >= 0.3 is 0 Å². The van der Waals surface area contributed by atoms with Gasteiger partial charge in [0, 0.05) is 37.6 Å². The number of fused-ring (bicyclic) bond motifs is 1. The van der Waals surface area contributed by atoms with E-state index in [1.165, 1.54) is 14.1 Å². The first-order chi connectivity index (χ1) is 28.3. The second-order valence-corrected chi connectivity index (χ2v) is 18.9. The van der Waals surface area contributed by atoms with Crippen molar-refractivity contribution in [2.75, 3.05) is 45.9 Å². The van der Waals surface area contributed by atoms with Gasteiger partial charge in [-0.05, 0) is 91.1 Å². The number of amides is 2. The molecule has 0 aliphatic carbocycles. The van der Waals surface area contributed by atoms with Crippen molar-refractivity contribution < 1.29 is 35.9 Å². The third-order valence-corrected chi connectivity index (χ3v) is 12.7. The van der Waals surface area contributed by atoms with E-state index in [2.05, 4.69) is 10.6 Å². The van der Waals surface area contributed by atoms with Crippen LogP contribution in [-0.2, 0) is 33.3 Å². The van der Waals surface area contributed by atoms with Gasteiger partial charge in [-0.15, -0.1) is 0 Å². The molecule has 0 saturated carbocycles. The minimum absolute atomic E-state index is 0.0706. The number of carbonyl (C=O) groups excluding carboxylic acids is 2. The molecule has 0 spiro atoms. The minimum atomic E-state index is -3.67. The van der Waals surface area contributed by atoms with E-state index in [-0.39, 0.29) is 47.2 Å². The summed E-state index contributed by atoms with van der Waals surface area (Å²) in [6, 6.07) is 31.8. The Labute approximate surface area is 351 Å². The lowest BCUT2D eigenvalue weighted by atomic mass is 9.97. The molecule has 0 fully saturated rings. The maximum absolute atomic E-state index is 14.4. The molecule has 0 atom stereocenters. The zero-order valence-electron chi connectivity index (χ0n) is 34.8. The van der Waals surface area contributed by atoms with Gasteiger partial charge in [0.15, 0.2) is 0 Å². The molecule has 0 bridgehead atoms. The molecular weight excluding hydrogens is 801 g/mol. The van der Waals surface area contributed by atoms with Crippen LogP contribution in [0, 0.1) is 27.7 Å². The molecule has 6 aromatic carbocycles. The molecule has 312 valence electrons. The molecule has 0 radical (unpaired) electrons. The molecule has 6 rings (SSSR count). The monoisotopic (exact) mass is 848 g/mol. The Balaban J connectivity index is 1.33. The third-order valence-electron chi connectivity index (χ3n) is 10.3. The molecule has 14 heteroatoms. The third kappa shape index (κ3) is 9.89. The van der Waals surface area contributed by atoms with Crippen molar-refractivity contribution in [3.05, 3.63) is 154 Å². The van der Waals surface area contributed by atoms with Gasteiger partial charge in [0.25, 0.3) is 11.8 Å². The van der Waals surface area contributed by atoms with Crippen molar-refractivity contribution in [3.8, 4) is 11.5 Å². The molecular formula is C46H48N4O8S2. The summed E-state index contributed by atoms with van der Waals surface area (Å²) < 4.78 is 65.1. The summed E-state index contributed by atoms with van der Waals surface area (Å²) in [6.07, 6.45) is 2.18. The van der Waals surface area contributed by atoms with E-state index in [4.69, 9.17) is 9.47 Å². The van der Waals surface area contributed by atoms with Gasteiger partial charge in [-0.25, -0.2) is 16.8 Å². The number of hydrogen-bond donors (Lipinski definition) is 2. The fraction of sp³-hybridized carbons (Fsp3) is 0.217. The van der Waals surface area contributed by atoms with Gasteiger partial charge in [0.2, 0.25) is 20.0 Å². The Morgan fingerprint density at radius 3 is 1.52 bits per heavy atom. The molecule has 60 heavy (non-hydrogen) atoms. The lowest BCUT2D eigenvalue weighted by Gasteiger charge is -2.22.